The third-order valence-corrected chi connectivity index (χ3v) is 5.47. The molecule has 2 aromatic heterocycles. The van der Waals surface area contributed by atoms with E-state index in [9.17, 15) is 9.59 Å². The molecular formula is C18H22N6O3. The normalized spacial score (nSPS) is 24.7. The van der Waals surface area contributed by atoms with Crippen LogP contribution in [0.1, 0.15) is 18.7 Å². The Morgan fingerprint density at radius 3 is 3.04 bits per heavy atom. The minimum atomic E-state index is -0.523. The third-order valence-electron chi connectivity index (χ3n) is 5.47. The number of amides is 2. The number of hydrogen-bond donors (Lipinski definition) is 2. The predicted molar refractivity (Wildman–Crippen MR) is 94.7 cm³/mol. The number of nitrogens with one attached hydrogen (secondary N) is 1. The summed E-state index contributed by atoms with van der Waals surface area (Å²) in [5.74, 6) is 1.23. The highest BCUT2D eigenvalue weighted by atomic mass is 16.4. The molecule has 0 radical (unpaired) electrons. The first-order chi connectivity index (χ1) is 13.1. The molecule has 3 N–H and O–H groups in total. The first-order valence-corrected chi connectivity index (χ1v) is 9.11. The van der Waals surface area contributed by atoms with Crippen molar-refractivity contribution in [3.05, 3.63) is 30.4 Å². The van der Waals surface area contributed by atoms with Gasteiger partial charge in [0.1, 0.15) is 0 Å². The number of fused-ring (bicyclic) bond motifs is 1. The van der Waals surface area contributed by atoms with E-state index in [2.05, 4.69) is 25.4 Å². The number of rotatable bonds is 6. The SMILES string of the molecule is NC(=O)CNC(=O)[C@@H]1C[C@H]2CCN(Cc3nnc(-c4cccnc4)o3)C[C@H]21. The van der Waals surface area contributed by atoms with E-state index in [1.807, 2.05) is 12.1 Å². The molecule has 9 heteroatoms. The highest BCUT2D eigenvalue weighted by molar-refractivity contribution is 5.85. The van der Waals surface area contributed by atoms with Crippen LogP contribution in [0.15, 0.2) is 28.9 Å². The molecule has 3 heterocycles. The van der Waals surface area contributed by atoms with Crippen LogP contribution in [0.25, 0.3) is 11.5 Å². The second kappa shape index (κ2) is 7.43. The second-order valence-electron chi connectivity index (χ2n) is 7.22. The Hall–Kier alpha value is -2.81. The van der Waals surface area contributed by atoms with Gasteiger partial charge < -0.3 is 15.5 Å². The quantitative estimate of drug-likeness (QED) is 0.743. The first kappa shape index (κ1) is 17.6. The van der Waals surface area contributed by atoms with Crippen LogP contribution in [0.2, 0.25) is 0 Å². The molecule has 1 aliphatic carbocycles. The monoisotopic (exact) mass is 370 g/mol. The van der Waals surface area contributed by atoms with Gasteiger partial charge in [0, 0.05) is 24.9 Å². The lowest BCUT2D eigenvalue weighted by atomic mass is 9.61. The van der Waals surface area contributed by atoms with E-state index in [-0.39, 0.29) is 18.4 Å². The lowest BCUT2D eigenvalue weighted by Crippen LogP contribution is -2.55. The van der Waals surface area contributed by atoms with Gasteiger partial charge in [0.05, 0.1) is 18.7 Å². The molecule has 0 aromatic carbocycles. The van der Waals surface area contributed by atoms with Crippen LogP contribution in [0.3, 0.4) is 0 Å². The number of hydrogen-bond acceptors (Lipinski definition) is 7. The van der Waals surface area contributed by atoms with Crippen molar-refractivity contribution in [2.24, 2.45) is 23.5 Å². The fourth-order valence-corrected chi connectivity index (χ4v) is 4.02. The molecule has 9 nitrogen and oxygen atoms in total. The fraction of sp³-hybridized carbons (Fsp3) is 0.500. The van der Waals surface area contributed by atoms with E-state index in [4.69, 9.17) is 10.2 Å². The average molecular weight is 370 g/mol. The van der Waals surface area contributed by atoms with Gasteiger partial charge in [-0.1, -0.05) is 0 Å². The molecule has 2 aromatic rings. The molecule has 1 aliphatic heterocycles. The van der Waals surface area contributed by atoms with E-state index in [1.54, 1.807) is 12.4 Å². The van der Waals surface area contributed by atoms with Crippen LogP contribution in [0, 0.1) is 17.8 Å². The number of primary amides is 1. The summed E-state index contributed by atoms with van der Waals surface area (Å²) in [7, 11) is 0. The Morgan fingerprint density at radius 2 is 2.26 bits per heavy atom. The summed E-state index contributed by atoms with van der Waals surface area (Å²) in [6.07, 6.45) is 5.31. The van der Waals surface area contributed by atoms with Gasteiger partial charge in [0.2, 0.25) is 23.6 Å². The van der Waals surface area contributed by atoms with Crippen molar-refractivity contribution in [2.45, 2.75) is 19.4 Å². The van der Waals surface area contributed by atoms with Gasteiger partial charge in [0.15, 0.2) is 0 Å². The van der Waals surface area contributed by atoms with Crippen molar-refractivity contribution in [1.82, 2.24) is 25.4 Å². The second-order valence-corrected chi connectivity index (χ2v) is 7.22. The van der Waals surface area contributed by atoms with Gasteiger partial charge in [-0.05, 0) is 43.4 Å². The Labute approximate surface area is 156 Å². The summed E-state index contributed by atoms with van der Waals surface area (Å²) >= 11 is 0. The predicted octanol–water partition coefficient (Wildman–Crippen LogP) is 0.191. The number of nitrogens with zero attached hydrogens (tertiary/aromatic N) is 4. The van der Waals surface area contributed by atoms with E-state index in [0.29, 0.717) is 30.2 Å². The number of nitrogens with two attached hydrogens (primary N) is 1. The van der Waals surface area contributed by atoms with Crippen molar-refractivity contribution in [1.29, 1.82) is 0 Å². The number of piperidine rings is 1. The standard InChI is InChI=1S/C18H22N6O3/c19-15(25)8-21-17(26)13-6-11-3-5-24(9-14(11)13)10-16-22-23-18(27-16)12-2-1-4-20-7-12/h1-2,4,7,11,13-14H,3,5-6,8-10H2,(H2,19,25)(H,21,26)/t11-,13-,14-/m1/s1. The Bertz CT molecular complexity index is 824. The zero-order valence-electron chi connectivity index (χ0n) is 14.9. The molecule has 4 rings (SSSR count). The van der Waals surface area contributed by atoms with E-state index < -0.39 is 5.91 Å². The lowest BCUT2D eigenvalue weighted by molar-refractivity contribution is -0.138. The van der Waals surface area contributed by atoms with Gasteiger partial charge in [-0.25, -0.2) is 0 Å². The topological polar surface area (TPSA) is 127 Å². The molecule has 2 amide bonds. The molecule has 1 saturated heterocycles. The van der Waals surface area contributed by atoms with Crippen molar-refractivity contribution in [3.63, 3.8) is 0 Å². The van der Waals surface area contributed by atoms with Crippen molar-refractivity contribution in [2.75, 3.05) is 19.6 Å². The van der Waals surface area contributed by atoms with Gasteiger partial charge in [-0.15, -0.1) is 10.2 Å². The third kappa shape index (κ3) is 3.82. The van der Waals surface area contributed by atoms with Crippen LogP contribution in [-0.4, -0.2) is 51.5 Å². The minimum absolute atomic E-state index is 0.0502. The lowest BCUT2D eigenvalue weighted by Gasteiger charge is -2.50. The highest BCUT2D eigenvalue weighted by Crippen LogP contribution is 2.45. The maximum Gasteiger partial charge on any atom is 0.249 e. The van der Waals surface area contributed by atoms with Crippen LogP contribution < -0.4 is 11.1 Å². The molecule has 2 aliphatic rings. The van der Waals surface area contributed by atoms with Gasteiger partial charge in [-0.2, -0.15) is 0 Å². The number of pyridine rings is 1. The molecule has 2 fully saturated rings. The molecule has 0 spiro atoms. The summed E-state index contributed by atoms with van der Waals surface area (Å²) in [6.45, 7) is 2.22. The molecule has 0 unspecified atom stereocenters. The first-order valence-electron chi connectivity index (χ1n) is 9.11. The van der Waals surface area contributed by atoms with Crippen molar-refractivity contribution in [3.8, 4) is 11.5 Å². The van der Waals surface area contributed by atoms with Gasteiger partial charge in [0.25, 0.3) is 0 Å². The van der Waals surface area contributed by atoms with Crippen LogP contribution in [0.4, 0.5) is 0 Å². The zero-order valence-corrected chi connectivity index (χ0v) is 14.9. The Morgan fingerprint density at radius 1 is 1.37 bits per heavy atom. The summed E-state index contributed by atoms with van der Waals surface area (Å²) in [4.78, 5) is 29.4. The van der Waals surface area contributed by atoms with Crippen molar-refractivity contribution < 1.29 is 14.0 Å². The number of carbonyl (C=O) groups is 2. The minimum Gasteiger partial charge on any atom is -0.419 e. The zero-order chi connectivity index (χ0) is 18.8. The Balaban J connectivity index is 1.34. The molecule has 142 valence electrons. The van der Waals surface area contributed by atoms with Gasteiger partial charge >= 0.3 is 0 Å². The molecule has 27 heavy (non-hydrogen) atoms. The highest BCUT2D eigenvalue weighted by Gasteiger charge is 2.47. The average Bonchev–Trinajstić information content (AvgIpc) is 3.11. The molecule has 1 saturated carbocycles. The Kier molecular flexibility index (Phi) is 4.85. The molecule has 3 atom stereocenters. The fourth-order valence-electron chi connectivity index (χ4n) is 4.02. The number of aromatic nitrogens is 3. The van der Waals surface area contributed by atoms with E-state index in [0.717, 1.165) is 31.5 Å². The molecular weight excluding hydrogens is 348 g/mol. The summed E-state index contributed by atoms with van der Waals surface area (Å²) < 4.78 is 5.76. The summed E-state index contributed by atoms with van der Waals surface area (Å²) in [5.41, 5.74) is 5.89. The summed E-state index contributed by atoms with van der Waals surface area (Å²) in [6, 6.07) is 3.70. The largest absolute Gasteiger partial charge is 0.419 e. The molecule has 0 bridgehead atoms. The smallest absolute Gasteiger partial charge is 0.249 e. The van der Waals surface area contributed by atoms with E-state index in [1.165, 1.54) is 0 Å². The maximum atomic E-state index is 12.2. The van der Waals surface area contributed by atoms with Crippen molar-refractivity contribution >= 4 is 11.8 Å². The summed E-state index contributed by atoms with van der Waals surface area (Å²) in [5, 5.41) is 10.9. The van der Waals surface area contributed by atoms with Gasteiger partial charge in [-0.3, -0.25) is 19.5 Å². The maximum absolute atomic E-state index is 12.2. The number of carbonyl (C=O) groups excluding carboxylic acids is 2. The van der Waals surface area contributed by atoms with Crippen LogP contribution >= 0.6 is 0 Å². The number of likely N-dealkylation sites (tertiary alicyclic amines) is 1. The van der Waals surface area contributed by atoms with Crippen LogP contribution in [-0.2, 0) is 16.1 Å². The van der Waals surface area contributed by atoms with E-state index >= 15 is 0 Å². The van der Waals surface area contributed by atoms with Crippen LogP contribution in [0.5, 0.6) is 0 Å².